The van der Waals surface area contributed by atoms with Crippen LogP contribution in [-0.4, -0.2) is 13.5 Å². The van der Waals surface area contributed by atoms with Gasteiger partial charge in [0.1, 0.15) is 10.6 Å². The summed E-state index contributed by atoms with van der Waals surface area (Å²) in [7, 11) is -4.15. The molecular formula is C12H10BrFN2O3S. The first-order chi connectivity index (χ1) is 9.29. The van der Waals surface area contributed by atoms with Crippen molar-refractivity contribution >= 4 is 37.3 Å². The topological polar surface area (TPSA) is 92.4 Å². The average molecular weight is 361 g/mol. The van der Waals surface area contributed by atoms with Gasteiger partial charge in [-0.3, -0.25) is 4.72 Å². The van der Waals surface area contributed by atoms with E-state index in [1.54, 1.807) is 0 Å². The summed E-state index contributed by atoms with van der Waals surface area (Å²) in [5.41, 5.74) is 5.73. The zero-order valence-corrected chi connectivity index (χ0v) is 12.4. The van der Waals surface area contributed by atoms with Crippen LogP contribution in [0.3, 0.4) is 0 Å². The van der Waals surface area contributed by atoms with Gasteiger partial charge in [-0.15, -0.1) is 0 Å². The first kappa shape index (κ1) is 14.6. The highest BCUT2D eigenvalue weighted by Gasteiger charge is 2.22. The first-order valence-electron chi connectivity index (χ1n) is 5.36. The monoisotopic (exact) mass is 360 g/mol. The molecular weight excluding hydrogens is 351 g/mol. The molecule has 0 aliphatic rings. The van der Waals surface area contributed by atoms with Crippen molar-refractivity contribution in [1.29, 1.82) is 0 Å². The largest absolute Gasteiger partial charge is 0.508 e. The van der Waals surface area contributed by atoms with E-state index in [0.717, 1.165) is 6.07 Å². The van der Waals surface area contributed by atoms with E-state index in [-0.39, 0.29) is 21.6 Å². The Morgan fingerprint density at radius 2 is 1.95 bits per heavy atom. The van der Waals surface area contributed by atoms with Crippen LogP contribution < -0.4 is 10.5 Å². The van der Waals surface area contributed by atoms with Crippen LogP contribution in [0.2, 0.25) is 0 Å². The van der Waals surface area contributed by atoms with Crippen molar-refractivity contribution in [2.24, 2.45) is 0 Å². The molecule has 0 heterocycles. The molecule has 2 rings (SSSR count). The Balaban J connectivity index is 2.46. The molecule has 0 aliphatic carbocycles. The maximum absolute atomic E-state index is 13.9. The predicted octanol–water partition coefficient (Wildman–Crippen LogP) is 2.68. The Labute approximate surface area is 123 Å². The van der Waals surface area contributed by atoms with Crippen LogP contribution in [0.5, 0.6) is 5.75 Å². The number of rotatable bonds is 3. The van der Waals surface area contributed by atoms with Crippen molar-refractivity contribution in [2.45, 2.75) is 4.90 Å². The SMILES string of the molecule is Nc1cc(Br)c(F)c(S(=O)(=O)Nc2cccc(O)c2)c1. The molecule has 0 unspecified atom stereocenters. The molecule has 0 bridgehead atoms. The Morgan fingerprint density at radius 1 is 1.25 bits per heavy atom. The Hall–Kier alpha value is -1.80. The highest BCUT2D eigenvalue weighted by molar-refractivity contribution is 9.10. The number of sulfonamides is 1. The number of hydrogen-bond acceptors (Lipinski definition) is 4. The molecule has 0 spiro atoms. The maximum atomic E-state index is 13.9. The number of aromatic hydroxyl groups is 1. The molecule has 20 heavy (non-hydrogen) atoms. The van der Waals surface area contributed by atoms with Gasteiger partial charge in [0.2, 0.25) is 0 Å². The summed E-state index contributed by atoms with van der Waals surface area (Å²) < 4.78 is 40.3. The smallest absolute Gasteiger partial charge is 0.264 e. The molecule has 2 aromatic carbocycles. The molecule has 0 fully saturated rings. The fourth-order valence-electron chi connectivity index (χ4n) is 1.56. The van der Waals surface area contributed by atoms with Crippen molar-refractivity contribution in [3.63, 3.8) is 0 Å². The van der Waals surface area contributed by atoms with Gasteiger partial charge in [0, 0.05) is 11.8 Å². The molecule has 0 saturated carbocycles. The van der Waals surface area contributed by atoms with Gasteiger partial charge in [0.25, 0.3) is 10.0 Å². The van der Waals surface area contributed by atoms with E-state index in [2.05, 4.69) is 20.7 Å². The van der Waals surface area contributed by atoms with Gasteiger partial charge in [-0.25, -0.2) is 12.8 Å². The number of nitrogens with two attached hydrogens (primary N) is 1. The number of nitrogens with one attached hydrogen (secondary N) is 1. The summed E-state index contributed by atoms with van der Waals surface area (Å²) in [6, 6.07) is 7.76. The Bertz CT molecular complexity index is 765. The van der Waals surface area contributed by atoms with Crippen LogP contribution in [0.15, 0.2) is 45.8 Å². The number of benzene rings is 2. The summed E-state index contributed by atoms with van der Waals surface area (Å²) in [4.78, 5) is -0.576. The van der Waals surface area contributed by atoms with Crippen molar-refractivity contribution in [3.05, 3.63) is 46.7 Å². The van der Waals surface area contributed by atoms with E-state index < -0.39 is 20.7 Å². The van der Waals surface area contributed by atoms with Gasteiger partial charge in [0.05, 0.1) is 10.2 Å². The molecule has 5 nitrogen and oxygen atoms in total. The Morgan fingerprint density at radius 3 is 2.60 bits per heavy atom. The molecule has 0 atom stereocenters. The normalized spacial score (nSPS) is 11.3. The fourth-order valence-corrected chi connectivity index (χ4v) is 3.35. The number of halogens is 2. The Kier molecular flexibility index (Phi) is 3.87. The van der Waals surface area contributed by atoms with Gasteiger partial charge in [-0.2, -0.15) is 0 Å². The molecule has 0 aromatic heterocycles. The number of phenols is 1. The molecule has 0 amide bonds. The quantitative estimate of drug-likeness (QED) is 0.733. The van der Waals surface area contributed by atoms with Crippen molar-refractivity contribution < 1.29 is 17.9 Å². The van der Waals surface area contributed by atoms with Crippen LogP contribution >= 0.6 is 15.9 Å². The van der Waals surface area contributed by atoms with E-state index >= 15 is 0 Å². The van der Waals surface area contributed by atoms with E-state index in [4.69, 9.17) is 5.73 Å². The number of anilines is 2. The third kappa shape index (κ3) is 3.02. The van der Waals surface area contributed by atoms with Crippen LogP contribution in [0.25, 0.3) is 0 Å². The van der Waals surface area contributed by atoms with E-state index in [1.807, 2.05) is 0 Å². The number of phenolic OH excluding ortho intramolecular Hbond substituents is 1. The summed E-state index contributed by atoms with van der Waals surface area (Å²) in [5.74, 6) is -1.05. The summed E-state index contributed by atoms with van der Waals surface area (Å²) >= 11 is 2.90. The maximum Gasteiger partial charge on any atom is 0.264 e. The summed E-state index contributed by atoms with van der Waals surface area (Å²) in [5, 5.41) is 9.29. The minimum atomic E-state index is -4.15. The van der Waals surface area contributed by atoms with E-state index in [1.165, 1.54) is 30.3 Å². The second-order valence-corrected chi connectivity index (χ2v) is 6.48. The lowest BCUT2D eigenvalue weighted by Gasteiger charge is -2.10. The lowest BCUT2D eigenvalue weighted by Crippen LogP contribution is -2.15. The van der Waals surface area contributed by atoms with E-state index in [0.29, 0.717) is 0 Å². The zero-order valence-electron chi connectivity index (χ0n) is 9.97. The van der Waals surface area contributed by atoms with Crippen LogP contribution in [0.1, 0.15) is 0 Å². The highest BCUT2D eigenvalue weighted by atomic mass is 79.9. The minimum Gasteiger partial charge on any atom is -0.508 e. The number of hydrogen-bond donors (Lipinski definition) is 3. The summed E-state index contributed by atoms with van der Waals surface area (Å²) in [6.45, 7) is 0. The molecule has 0 aliphatic heterocycles. The lowest BCUT2D eigenvalue weighted by atomic mass is 10.3. The van der Waals surface area contributed by atoms with Crippen LogP contribution in [0, 0.1) is 5.82 Å². The van der Waals surface area contributed by atoms with Crippen LogP contribution in [-0.2, 0) is 10.0 Å². The van der Waals surface area contributed by atoms with Gasteiger partial charge < -0.3 is 10.8 Å². The first-order valence-corrected chi connectivity index (χ1v) is 7.63. The minimum absolute atomic E-state index is 0.0474. The predicted molar refractivity (Wildman–Crippen MR) is 77.4 cm³/mol. The number of nitrogen functional groups attached to an aromatic ring is 1. The third-order valence-electron chi connectivity index (χ3n) is 2.41. The highest BCUT2D eigenvalue weighted by Crippen LogP contribution is 2.28. The van der Waals surface area contributed by atoms with Gasteiger partial charge in [0.15, 0.2) is 5.82 Å². The zero-order chi connectivity index (χ0) is 14.9. The molecule has 8 heteroatoms. The third-order valence-corrected chi connectivity index (χ3v) is 4.36. The van der Waals surface area contributed by atoms with Crippen molar-refractivity contribution in [2.75, 3.05) is 10.5 Å². The second kappa shape index (κ2) is 5.29. The van der Waals surface area contributed by atoms with E-state index in [9.17, 15) is 17.9 Å². The van der Waals surface area contributed by atoms with Gasteiger partial charge in [-0.05, 0) is 40.2 Å². The van der Waals surface area contributed by atoms with Crippen LogP contribution in [0.4, 0.5) is 15.8 Å². The van der Waals surface area contributed by atoms with Crippen molar-refractivity contribution in [1.82, 2.24) is 0 Å². The lowest BCUT2D eigenvalue weighted by molar-refractivity contribution is 0.475. The van der Waals surface area contributed by atoms with Gasteiger partial charge >= 0.3 is 0 Å². The average Bonchev–Trinajstić information content (AvgIpc) is 2.33. The molecule has 106 valence electrons. The summed E-state index contributed by atoms with van der Waals surface area (Å²) in [6.07, 6.45) is 0. The molecule has 4 N–H and O–H groups in total. The fraction of sp³-hybridized carbons (Fsp3) is 0. The molecule has 0 saturated heterocycles. The second-order valence-electron chi connectivity index (χ2n) is 3.97. The van der Waals surface area contributed by atoms with Crippen molar-refractivity contribution in [3.8, 4) is 5.75 Å². The molecule has 0 radical (unpaired) electrons. The van der Waals surface area contributed by atoms with Gasteiger partial charge in [-0.1, -0.05) is 6.07 Å². The standard InChI is InChI=1S/C12H10BrFN2O3S/c13-10-4-7(15)5-11(12(10)14)20(18,19)16-8-2-1-3-9(17)6-8/h1-6,16-17H,15H2. The molecule has 2 aromatic rings.